The van der Waals surface area contributed by atoms with E-state index in [0.717, 1.165) is 29.7 Å². The van der Waals surface area contributed by atoms with Crippen LogP contribution in [0.3, 0.4) is 0 Å². The second kappa shape index (κ2) is 7.55. The third-order valence-corrected chi connectivity index (χ3v) is 5.25. The third-order valence-electron chi connectivity index (χ3n) is 5.25. The summed E-state index contributed by atoms with van der Waals surface area (Å²) in [5.74, 6) is 0.896. The van der Waals surface area contributed by atoms with Gasteiger partial charge in [0.25, 0.3) is 5.91 Å². The minimum Gasteiger partial charge on any atom is -0.391 e. The summed E-state index contributed by atoms with van der Waals surface area (Å²) >= 11 is 0. The van der Waals surface area contributed by atoms with Crippen LogP contribution in [0.25, 0.3) is 10.9 Å². The predicted molar refractivity (Wildman–Crippen MR) is 106 cm³/mol. The lowest BCUT2D eigenvalue weighted by Crippen LogP contribution is -2.39. The fourth-order valence-electron chi connectivity index (χ4n) is 3.89. The number of hydrogen-bond acceptors (Lipinski definition) is 6. The first-order valence-corrected chi connectivity index (χ1v) is 9.39. The Balaban J connectivity index is 1.46. The van der Waals surface area contributed by atoms with Crippen LogP contribution in [0.5, 0.6) is 0 Å². The molecule has 146 valence electrons. The summed E-state index contributed by atoms with van der Waals surface area (Å²) in [5.41, 5.74) is 1.24. The monoisotopic (exact) mass is 380 g/mol. The van der Waals surface area contributed by atoms with E-state index in [-0.39, 0.29) is 17.9 Å². The number of carbonyl (C=O) groups excluding carboxylic acids is 1. The lowest BCUT2D eigenvalue weighted by atomic mass is 10.1. The molecule has 2 N–H and O–H groups in total. The van der Waals surface area contributed by atoms with E-state index in [4.69, 9.17) is 0 Å². The van der Waals surface area contributed by atoms with Crippen LogP contribution in [-0.4, -0.2) is 57.0 Å². The summed E-state index contributed by atoms with van der Waals surface area (Å²) in [7, 11) is 3.84. The highest BCUT2D eigenvalue weighted by Gasteiger charge is 2.34. The Morgan fingerprint density at radius 3 is 2.93 bits per heavy atom. The standard InChI is InChI=1S/C20H24N6O2/c1-25(2)19-15-5-4-14(10-16(15)21-12-22-19)20(28)24-17-8-13(9-18(17)27)11-26-7-3-6-23-26/h3-7,10,12-13,17-18,27H,8-9,11H2,1-2H3,(H,24,28)/t13?,17-,18-/m1/s1. The second-order valence-electron chi connectivity index (χ2n) is 7.54. The summed E-state index contributed by atoms with van der Waals surface area (Å²) in [6.07, 6.45) is 6.00. The van der Waals surface area contributed by atoms with E-state index >= 15 is 0 Å². The minimum atomic E-state index is -0.548. The van der Waals surface area contributed by atoms with Crippen molar-refractivity contribution in [2.75, 3.05) is 19.0 Å². The van der Waals surface area contributed by atoms with Gasteiger partial charge >= 0.3 is 0 Å². The number of rotatable bonds is 5. The summed E-state index contributed by atoms with van der Waals surface area (Å²) in [6, 6.07) is 7.03. The molecule has 8 heteroatoms. The van der Waals surface area contributed by atoms with Crippen molar-refractivity contribution in [2.45, 2.75) is 31.5 Å². The Kier molecular flexibility index (Phi) is 4.95. The fourth-order valence-corrected chi connectivity index (χ4v) is 3.89. The molecule has 0 radical (unpaired) electrons. The highest BCUT2D eigenvalue weighted by Crippen LogP contribution is 2.28. The highest BCUT2D eigenvalue weighted by atomic mass is 16.3. The van der Waals surface area contributed by atoms with Crippen molar-refractivity contribution in [1.29, 1.82) is 0 Å². The first-order valence-electron chi connectivity index (χ1n) is 9.39. The summed E-state index contributed by atoms with van der Waals surface area (Å²) in [6.45, 7) is 0.747. The normalized spacial score (nSPS) is 21.8. The number of anilines is 1. The molecule has 0 saturated heterocycles. The van der Waals surface area contributed by atoms with Crippen LogP contribution in [-0.2, 0) is 6.54 Å². The van der Waals surface area contributed by atoms with E-state index in [9.17, 15) is 9.90 Å². The Labute approximate surface area is 163 Å². The van der Waals surface area contributed by atoms with Crippen LogP contribution in [0.15, 0.2) is 43.0 Å². The molecule has 1 fully saturated rings. The minimum absolute atomic E-state index is 0.198. The van der Waals surface area contributed by atoms with E-state index in [0.29, 0.717) is 12.0 Å². The number of aliphatic hydroxyl groups is 1. The summed E-state index contributed by atoms with van der Waals surface area (Å²) in [5, 5.41) is 18.5. The van der Waals surface area contributed by atoms with Crippen LogP contribution in [0.4, 0.5) is 5.82 Å². The van der Waals surface area contributed by atoms with Crippen molar-refractivity contribution >= 4 is 22.6 Å². The maximum absolute atomic E-state index is 12.7. The Hall–Kier alpha value is -3.00. The molecule has 0 spiro atoms. The maximum Gasteiger partial charge on any atom is 0.251 e. The molecule has 8 nitrogen and oxygen atoms in total. The molecule has 1 amide bonds. The molecule has 1 aromatic carbocycles. The zero-order valence-electron chi connectivity index (χ0n) is 16.0. The lowest BCUT2D eigenvalue weighted by molar-refractivity contribution is 0.0873. The predicted octanol–water partition coefficient (Wildman–Crippen LogP) is 1.46. The van der Waals surface area contributed by atoms with Crippen molar-refractivity contribution < 1.29 is 9.90 Å². The number of hydrogen-bond donors (Lipinski definition) is 2. The Bertz CT molecular complexity index is 972. The van der Waals surface area contributed by atoms with Gasteiger partial charge in [-0.25, -0.2) is 9.97 Å². The molecule has 1 unspecified atom stereocenters. The number of aliphatic hydroxyl groups excluding tert-OH is 1. The van der Waals surface area contributed by atoms with E-state index in [2.05, 4.69) is 20.4 Å². The van der Waals surface area contributed by atoms with E-state index < -0.39 is 6.10 Å². The highest BCUT2D eigenvalue weighted by molar-refractivity contribution is 5.99. The van der Waals surface area contributed by atoms with Crippen LogP contribution in [0.2, 0.25) is 0 Å². The first kappa shape index (κ1) is 18.4. The Morgan fingerprint density at radius 1 is 1.32 bits per heavy atom. The second-order valence-corrected chi connectivity index (χ2v) is 7.54. The molecule has 1 saturated carbocycles. The molecular weight excluding hydrogens is 356 g/mol. The molecule has 28 heavy (non-hydrogen) atoms. The number of amides is 1. The number of benzene rings is 1. The summed E-state index contributed by atoms with van der Waals surface area (Å²) < 4.78 is 1.87. The van der Waals surface area contributed by atoms with Gasteiger partial charge in [0.05, 0.1) is 17.7 Å². The number of fused-ring (bicyclic) bond motifs is 1. The van der Waals surface area contributed by atoms with Crippen molar-refractivity contribution in [3.63, 3.8) is 0 Å². The molecule has 0 bridgehead atoms. The van der Waals surface area contributed by atoms with Crippen LogP contribution in [0, 0.1) is 5.92 Å². The molecular formula is C20H24N6O2. The van der Waals surface area contributed by atoms with Gasteiger partial charge in [-0.05, 0) is 43.0 Å². The van der Waals surface area contributed by atoms with Gasteiger partial charge in [-0.2, -0.15) is 5.10 Å². The van der Waals surface area contributed by atoms with E-state index in [1.54, 1.807) is 18.3 Å². The Morgan fingerprint density at radius 2 is 2.18 bits per heavy atom. The van der Waals surface area contributed by atoms with Crippen molar-refractivity contribution in [2.24, 2.45) is 5.92 Å². The quantitative estimate of drug-likeness (QED) is 0.696. The average Bonchev–Trinajstić information content (AvgIpc) is 3.30. The van der Waals surface area contributed by atoms with Crippen LogP contribution < -0.4 is 10.2 Å². The smallest absolute Gasteiger partial charge is 0.251 e. The first-order chi connectivity index (χ1) is 13.5. The number of nitrogens with zero attached hydrogens (tertiary/aromatic N) is 5. The molecule has 3 atom stereocenters. The third kappa shape index (κ3) is 3.68. The number of aromatic nitrogens is 4. The lowest BCUT2D eigenvalue weighted by Gasteiger charge is -2.17. The topological polar surface area (TPSA) is 96.2 Å². The van der Waals surface area contributed by atoms with Gasteiger partial charge in [0.2, 0.25) is 0 Å². The molecule has 2 heterocycles. The van der Waals surface area contributed by atoms with E-state index in [1.807, 2.05) is 42.0 Å². The van der Waals surface area contributed by atoms with Gasteiger partial charge in [-0.15, -0.1) is 0 Å². The molecule has 1 aliphatic rings. The van der Waals surface area contributed by atoms with Crippen LogP contribution in [0.1, 0.15) is 23.2 Å². The van der Waals surface area contributed by atoms with Crippen molar-refractivity contribution in [3.05, 3.63) is 48.5 Å². The zero-order chi connectivity index (χ0) is 19.7. The van der Waals surface area contributed by atoms with Gasteiger partial charge in [0.15, 0.2) is 0 Å². The SMILES string of the molecule is CN(C)c1ncnc2cc(C(=O)N[C@@H]3CC(Cn4cccn4)C[C@H]3O)ccc12. The van der Waals surface area contributed by atoms with E-state index in [1.165, 1.54) is 6.33 Å². The number of carbonyl (C=O) groups is 1. The molecule has 3 aromatic rings. The zero-order valence-corrected chi connectivity index (χ0v) is 16.0. The van der Waals surface area contributed by atoms with Gasteiger partial charge in [-0.3, -0.25) is 9.48 Å². The molecule has 4 rings (SSSR count). The maximum atomic E-state index is 12.7. The largest absolute Gasteiger partial charge is 0.391 e. The number of nitrogens with one attached hydrogen (secondary N) is 1. The average molecular weight is 380 g/mol. The van der Waals surface area contributed by atoms with Gasteiger partial charge in [0, 0.05) is 44.0 Å². The van der Waals surface area contributed by atoms with Gasteiger partial charge < -0.3 is 15.3 Å². The van der Waals surface area contributed by atoms with Crippen molar-refractivity contribution in [1.82, 2.24) is 25.1 Å². The van der Waals surface area contributed by atoms with Gasteiger partial charge in [-0.1, -0.05) is 0 Å². The molecule has 0 aliphatic heterocycles. The molecule has 1 aliphatic carbocycles. The van der Waals surface area contributed by atoms with Gasteiger partial charge in [0.1, 0.15) is 12.1 Å². The fraction of sp³-hybridized carbons (Fsp3) is 0.400. The summed E-state index contributed by atoms with van der Waals surface area (Å²) in [4.78, 5) is 23.2. The van der Waals surface area contributed by atoms with Crippen LogP contribution >= 0.6 is 0 Å². The molecule has 2 aromatic heterocycles. The van der Waals surface area contributed by atoms with Crippen molar-refractivity contribution in [3.8, 4) is 0 Å².